The van der Waals surface area contributed by atoms with Crippen LogP contribution < -0.4 is 10.6 Å². The Kier molecular flexibility index (Phi) is 6.14. The number of amides is 2. The molecule has 4 heterocycles. The minimum Gasteiger partial charge on any atom is -0.390 e. The van der Waals surface area contributed by atoms with Crippen molar-refractivity contribution >= 4 is 17.6 Å². The molecular formula is C20H28N8O3. The molecule has 1 fully saturated rings. The predicted octanol–water partition coefficient (Wildman–Crippen LogP) is -0.998. The van der Waals surface area contributed by atoms with Crippen LogP contribution in [-0.2, 0) is 24.8 Å². The van der Waals surface area contributed by atoms with Gasteiger partial charge in [-0.15, -0.1) is 0 Å². The maximum atomic E-state index is 12.5. The standard InChI is InChI=1S/C20H28N8O3/c1-13(29)28-7-14(8-28)25-19-5-16(22-11-23-19)20(31)21-6-15(30)9-27-4-3-18-17(10-27)24-12-26(18)2/h5,11-12,14-15,30H,3-4,6-10H2,1-2H3,(H,21,31)(H,22,23,25)/t15-/m0/s1. The summed E-state index contributed by atoms with van der Waals surface area (Å²) in [6, 6.07) is 1.69. The highest BCUT2D eigenvalue weighted by molar-refractivity contribution is 5.92. The first kappa shape index (κ1) is 21.2. The highest BCUT2D eigenvalue weighted by atomic mass is 16.3. The maximum Gasteiger partial charge on any atom is 0.270 e. The first-order chi connectivity index (χ1) is 14.9. The Labute approximate surface area is 180 Å². The molecule has 0 radical (unpaired) electrons. The Morgan fingerprint density at radius 2 is 2.10 bits per heavy atom. The summed E-state index contributed by atoms with van der Waals surface area (Å²) < 4.78 is 2.04. The van der Waals surface area contributed by atoms with Gasteiger partial charge in [0.05, 0.1) is 24.2 Å². The van der Waals surface area contributed by atoms with E-state index in [4.69, 9.17) is 0 Å². The van der Waals surface area contributed by atoms with E-state index < -0.39 is 6.10 Å². The van der Waals surface area contributed by atoms with Crippen molar-refractivity contribution in [2.75, 3.05) is 38.0 Å². The van der Waals surface area contributed by atoms with E-state index in [1.54, 1.807) is 17.9 Å². The van der Waals surface area contributed by atoms with Crippen molar-refractivity contribution < 1.29 is 14.7 Å². The van der Waals surface area contributed by atoms with Gasteiger partial charge in [0, 0.05) is 71.4 Å². The summed E-state index contributed by atoms with van der Waals surface area (Å²) in [6.45, 7) is 4.91. The highest BCUT2D eigenvalue weighted by Crippen LogP contribution is 2.17. The molecule has 0 aromatic carbocycles. The van der Waals surface area contributed by atoms with E-state index in [0.29, 0.717) is 32.0 Å². The number of carbonyl (C=O) groups is 2. The van der Waals surface area contributed by atoms with E-state index in [1.807, 2.05) is 17.9 Å². The van der Waals surface area contributed by atoms with Crippen molar-refractivity contribution in [1.82, 2.24) is 34.6 Å². The van der Waals surface area contributed by atoms with Gasteiger partial charge in [-0.2, -0.15) is 0 Å². The van der Waals surface area contributed by atoms with Crippen LogP contribution in [0.15, 0.2) is 18.7 Å². The number of aliphatic hydroxyl groups is 1. The molecule has 1 atom stereocenters. The zero-order valence-corrected chi connectivity index (χ0v) is 17.8. The maximum absolute atomic E-state index is 12.5. The molecule has 11 heteroatoms. The van der Waals surface area contributed by atoms with Crippen molar-refractivity contribution in [1.29, 1.82) is 0 Å². The minimum atomic E-state index is -0.693. The molecule has 0 saturated carbocycles. The van der Waals surface area contributed by atoms with Gasteiger partial charge in [0.15, 0.2) is 0 Å². The summed E-state index contributed by atoms with van der Waals surface area (Å²) >= 11 is 0. The molecule has 166 valence electrons. The van der Waals surface area contributed by atoms with Gasteiger partial charge < -0.3 is 25.2 Å². The number of fused-ring (bicyclic) bond motifs is 1. The number of likely N-dealkylation sites (tertiary alicyclic amines) is 1. The molecular weight excluding hydrogens is 400 g/mol. The van der Waals surface area contributed by atoms with Crippen LogP contribution in [0, 0.1) is 0 Å². The molecule has 2 aliphatic heterocycles. The monoisotopic (exact) mass is 428 g/mol. The van der Waals surface area contributed by atoms with Crippen molar-refractivity contribution in [3.63, 3.8) is 0 Å². The van der Waals surface area contributed by atoms with E-state index in [9.17, 15) is 14.7 Å². The van der Waals surface area contributed by atoms with Gasteiger partial charge in [-0.25, -0.2) is 15.0 Å². The zero-order chi connectivity index (χ0) is 22.0. The quantitative estimate of drug-likeness (QED) is 0.512. The van der Waals surface area contributed by atoms with Gasteiger partial charge in [-0.05, 0) is 0 Å². The van der Waals surface area contributed by atoms with Crippen molar-refractivity contribution in [3.05, 3.63) is 35.8 Å². The molecule has 2 amide bonds. The highest BCUT2D eigenvalue weighted by Gasteiger charge is 2.28. The van der Waals surface area contributed by atoms with Crippen LogP contribution in [0.1, 0.15) is 28.8 Å². The van der Waals surface area contributed by atoms with Gasteiger partial charge in [-0.1, -0.05) is 0 Å². The largest absolute Gasteiger partial charge is 0.390 e. The second-order valence-corrected chi connectivity index (χ2v) is 8.15. The lowest BCUT2D eigenvalue weighted by molar-refractivity contribution is -0.132. The summed E-state index contributed by atoms with van der Waals surface area (Å²) in [6.07, 6.45) is 3.35. The second-order valence-electron chi connectivity index (χ2n) is 8.15. The smallest absolute Gasteiger partial charge is 0.270 e. The van der Waals surface area contributed by atoms with Gasteiger partial charge in [0.1, 0.15) is 17.8 Å². The lowest BCUT2D eigenvalue weighted by Crippen LogP contribution is -2.56. The molecule has 2 aromatic heterocycles. The third-order valence-corrected chi connectivity index (χ3v) is 5.73. The van der Waals surface area contributed by atoms with Crippen LogP contribution >= 0.6 is 0 Å². The number of hydrogen-bond donors (Lipinski definition) is 3. The number of imidazole rings is 1. The lowest BCUT2D eigenvalue weighted by Gasteiger charge is -2.39. The summed E-state index contributed by atoms with van der Waals surface area (Å²) in [7, 11) is 1.99. The summed E-state index contributed by atoms with van der Waals surface area (Å²) in [5.74, 6) is 0.215. The van der Waals surface area contributed by atoms with E-state index in [0.717, 1.165) is 18.7 Å². The van der Waals surface area contributed by atoms with Crippen LogP contribution in [0.5, 0.6) is 0 Å². The van der Waals surface area contributed by atoms with Crippen LogP contribution in [0.4, 0.5) is 5.82 Å². The molecule has 0 spiro atoms. The number of aliphatic hydroxyl groups excluding tert-OH is 1. The fraction of sp³-hybridized carbons (Fsp3) is 0.550. The average Bonchev–Trinajstić information content (AvgIpc) is 3.08. The number of anilines is 1. The fourth-order valence-corrected chi connectivity index (χ4v) is 3.93. The number of β-amino-alcohol motifs (C(OH)–C–C–N with tert-alkyl or cyclic N) is 1. The number of nitrogens with one attached hydrogen (secondary N) is 2. The Bertz CT molecular complexity index is 956. The van der Waals surface area contributed by atoms with Gasteiger partial charge in [0.2, 0.25) is 5.91 Å². The summed E-state index contributed by atoms with van der Waals surface area (Å²) in [5.41, 5.74) is 2.51. The Hall–Kier alpha value is -3.05. The molecule has 3 N–H and O–H groups in total. The molecule has 2 aromatic rings. The Morgan fingerprint density at radius 3 is 2.87 bits per heavy atom. The first-order valence-corrected chi connectivity index (χ1v) is 10.4. The molecule has 0 unspecified atom stereocenters. The van der Waals surface area contributed by atoms with Crippen LogP contribution in [0.25, 0.3) is 0 Å². The zero-order valence-electron chi connectivity index (χ0n) is 17.8. The lowest BCUT2D eigenvalue weighted by atomic mass is 10.1. The molecule has 0 bridgehead atoms. The Balaban J connectivity index is 1.23. The van der Waals surface area contributed by atoms with Crippen molar-refractivity contribution in [2.24, 2.45) is 7.05 Å². The van der Waals surface area contributed by atoms with Crippen LogP contribution in [-0.4, -0.2) is 91.1 Å². The molecule has 2 aliphatic rings. The number of rotatable bonds is 7. The molecule has 1 saturated heterocycles. The second kappa shape index (κ2) is 8.98. The van der Waals surface area contributed by atoms with E-state index >= 15 is 0 Å². The number of aryl methyl sites for hydroxylation is 1. The van der Waals surface area contributed by atoms with E-state index in [1.165, 1.54) is 12.0 Å². The number of aromatic nitrogens is 4. The van der Waals surface area contributed by atoms with E-state index in [-0.39, 0.29) is 30.1 Å². The summed E-state index contributed by atoms with van der Waals surface area (Å²) in [5, 5.41) is 16.3. The molecule has 4 rings (SSSR count). The fourth-order valence-electron chi connectivity index (χ4n) is 3.93. The SMILES string of the molecule is CC(=O)N1CC(Nc2cc(C(=O)NC[C@H](O)CN3CCc4c(ncn4C)C3)ncn2)C1. The van der Waals surface area contributed by atoms with Gasteiger partial charge in [-0.3, -0.25) is 14.5 Å². The third-order valence-electron chi connectivity index (χ3n) is 5.73. The van der Waals surface area contributed by atoms with Gasteiger partial charge in [0.25, 0.3) is 5.91 Å². The topological polar surface area (TPSA) is 129 Å². The first-order valence-electron chi connectivity index (χ1n) is 10.4. The number of hydrogen-bond acceptors (Lipinski definition) is 8. The number of nitrogens with zero attached hydrogens (tertiary/aromatic N) is 6. The minimum absolute atomic E-state index is 0.0457. The molecule has 0 aliphatic carbocycles. The van der Waals surface area contributed by atoms with Crippen molar-refractivity contribution in [2.45, 2.75) is 32.0 Å². The van der Waals surface area contributed by atoms with Gasteiger partial charge >= 0.3 is 0 Å². The van der Waals surface area contributed by atoms with E-state index in [2.05, 4.69) is 30.5 Å². The predicted molar refractivity (Wildman–Crippen MR) is 112 cm³/mol. The normalized spacial score (nSPS) is 17.6. The Morgan fingerprint density at radius 1 is 1.29 bits per heavy atom. The molecule has 11 nitrogen and oxygen atoms in total. The van der Waals surface area contributed by atoms with Crippen molar-refractivity contribution in [3.8, 4) is 0 Å². The molecule has 31 heavy (non-hydrogen) atoms. The van der Waals surface area contributed by atoms with Crippen LogP contribution in [0.3, 0.4) is 0 Å². The third kappa shape index (κ3) is 5.00. The average molecular weight is 428 g/mol. The number of carbonyl (C=O) groups excluding carboxylic acids is 2. The van der Waals surface area contributed by atoms with Crippen LogP contribution in [0.2, 0.25) is 0 Å². The summed E-state index contributed by atoms with van der Waals surface area (Å²) in [4.78, 5) is 40.2.